The molecule has 0 aliphatic carbocycles. The van der Waals surface area contributed by atoms with Gasteiger partial charge in [0, 0.05) is 23.0 Å². The van der Waals surface area contributed by atoms with Gasteiger partial charge >= 0.3 is 0 Å². The number of anilines is 1. The van der Waals surface area contributed by atoms with Crippen LogP contribution in [0.25, 0.3) is 0 Å². The van der Waals surface area contributed by atoms with E-state index in [2.05, 4.69) is 10.4 Å². The molecule has 0 unspecified atom stereocenters. The topological polar surface area (TPSA) is 56.1 Å². The quantitative estimate of drug-likeness (QED) is 0.716. The van der Waals surface area contributed by atoms with E-state index in [1.807, 2.05) is 6.92 Å². The molecule has 0 fully saturated rings. The number of ether oxygens (including phenoxy) is 1. The lowest BCUT2D eigenvalue weighted by atomic mass is 10.2. The molecule has 0 spiro atoms. The second kappa shape index (κ2) is 7.53. The third-order valence-electron chi connectivity index (χ3n) is 3.54. The lowest BCUT2D eigenvalue weighted by molar-refractivity contribution is 0.102. The lowest BCUT2D eigenvalue weighted by Gasteiger charge is -2.07. The van der Waals surface area contributed by atoms with Crippen LogP contribution in [0.15, 0.2) is 48.7 Å². The predicted molar refractivity (Wildman–Crippen MR) is 93.4 cm³/mol. The van der Waals surface area contributed by atoms with E-state index in [0.29, 0.717) is 10.8 Å². The molecule has 3 aromatic rings. The predicted octanol–water partition coefficient (Wildman–Crippen LogP) is 4.41. The van der Waals surface area contributed by atoms with Gasteiger partial charge in [0.25, 0.3) is 5.91 Å². The molecule has 0 aliphatic rings. The molecule has 1 N–H and O–H groups in total. The average Bonchev–Trinajstić information content (AvgIpc) is 3.08. The summed E-state index contributed by atoms with van der Waals surface area (Å²) in [6.45, 7) is 1.96. The Kier molecular flexibility index (Phi) is 5.18. The van der Waals surface area contributed by atoms with Crippen molar-refractivity contribution in [2.45, 2.75) is 13.7 Å². The van der Waals surface area contributed by atoms with Crippen LogP contribution >= 0.6 is 11.6 Å². The Balaban J connectivity index is 1.62. The van der Waals surface area contributed by atoms with Crippen LogP contribution < -0.4 is 10.1 Å². The number of nitrogens with one attached hydrogen (secondary N) is 1. The number of rotatable bonds is 5. The Labute approximate surface area is 153 Å². The summed E-state index contributed by atoms with van der Waals surface area (Å²) in [6.07, 6.45) is 1.57. The minimum Gasteiger partial charge on any atom is -0.471 e. The number of hydrogen-bond acceptors (Lipinski definition) is 3. The fraction of sp³-hybridized carbons (Fsp3) is 0.111. The van der Waals surface area contributed by atoms with E-state index in [-0.39, 0.29) is 18.1 Å². The van der Waals surface area contributed by atoms with Crippen LogP contribution in [-0.4, -0.2) is 15.7 Å². The Morgan fingerprint density at radius 3 is 2.73 bits per heavy atom. The largest absolute Gasteiger partial charge is 0.471 e. The number of amides is 1. The summed E-state index contributed by atoms with van der Waals surface area (Å²) in [5.74, 6) is -1.95. The highest BCUT2D eigenvalue weighted by atomic mass is 35.5. The lowest BCUT2D eigenvalue weighted by Crippen LogP contribution is -2.14. The molecule has 0 saturated carbocycles. The maximum atomic E-state index is 13.2. The van der Waals surface area contributed by atoms with Gasteiger partial charge in [0.2, 0.25) is 0 Å². The highest BCUT2D eigenvalue weighted by molar-refractivity contribution is 6.31. The molecule has 0 atom stereocenters. The van der Waals surface area contributed by atoms with E-state index >= 15 is 0 Å². The first-order valence-electron chi connectivity index (χ1n) is 7.61. The molecule has 2 aromatic carbocycles. The zero-order chi connectivity index (χ0) is 18.7. The van der Waals surface area contributed by atoms with Crippen LogP contribution in [0.3, 0.4) is 0 Å². The Morgan fingerprint density at radius 2 is 2.00 bits per heavy atom. The van der Waals surface area contributed by atoms with Gasteiger partial charge in [-0.25, -0.2) is 13.5 Å². The molecule has 134 valence electrons. The monoisotopic (exact) mass is 377 g/mol. The zero-order valence-corrected chi connectivity index (χ0v) is 14.4. The highest BCUT2D eigenvalue weighted by Crippen LogP contribution is 2.21. The van der Waals surface area contributed by atoms with Gasteiger partial charge in [0.15, 0.2) is 24.1 Å². The van der Waals surface area contributed by atoms with E-state index in [4.69, 9.17) is 16.3 Å². The number of carbonyl (C=O) groups excluding carboxylic acids is 1. The summed E-state index contributed by atoms with van der Waals surface area (Å²) in [5.41, 5.74) is 1.14. The fourth-order valence-electron chi connectivity index (χ4n) is 2.17. The van der Waals surface area contributed by atoms with Gasteiger partial charge in [-0.2, -0.15) is 5.10 Å². The van der Waals surface area contributed by atoms with Crippen LogP contribution in [0.2, 0.25) is 5.02 Å². The molecule has 0 saturated heterocycles. The van der Waals surface area contributed by atoms with Crippen LogP contribution in [0.4, 0.5) is 14.5 Å². The number of aromatic nitrogens is 2. The Hall–Kier alpha value is -2.93. The number of hydrogen-bond donors (Lipinski definition) is 1. The number of aryl methyl sites for hydroxylation is 1. The van der Waals surface area contributed by atoms with Crippen molar-refractivity contribution in [3.8, 4) is 5.75 Å². The summed E-state index contributed by atoms with van der Waals surface area (Å²) in [6, 6.07) is 9.85. The number of nitrogens with zero attached hydrogens (tertiary/aromatic N) is 2. The van der Waals surface area contributed by atoms with Crippen molar-refractivity contribution in [1.29, 1.82) is 0 Å². The number of carbonyl (C=O) groups is 1. The second-order valence-electron chi connectivity index (χ2n) is 5.51. The maximum Gasteiger partial charge on any atom is 0.276 e. The van der Waals surface area contributed by atoms with Crippen molar-refractivity contribution in [3.05, 3.63) is 76.6 Å². The third-order valence-corrected chi connectivity index (χ3v) is 3.97. The van der Waals surface area contributed by atoms with Crippen molar-refractivity contribution in [2.24, 2.45) is 0 Å². The van der Waals surface area contributed by atoms with Gasteiger partial charge in [-0.15, -0.1) is 0 Å². The van der Waals surface area contributed by atoms with Gasteiger partial charge < -0.3 is 10.1 Å². The maximum absolute atomic E-state index is 13.2. The van der Waals surface area contributed by atoms with Crippen molar-refractivity contribution in [2.75, 3.05) is 5.32 Å². The van der Waals surface area contributed by atoms with Crippen molar-refractivity contribution in [1.82, 2.24) is 9.78 Å². The Bertz CT molecular complexity index is 959. The molecule has 1 amide bonds. The minimum absolute atomic E-state index is 0.0968. The van der Waals surface area contributed by atoms with E-state index in [1.54, 1.807) is 24.4 Å². The molecule has 1 heterocycles. The molecule has 3 rings (SSSR count). The first-order chi connectivity index (χ1) is 12.4. The fourth-order valence-corrected chi connectivity index (χ4v) is 2.29. The van der Waals surface area contributed by atoms with Crippen molar-refractivity contribution in [3.63, 3.8) is 0 Å². The summed E-state index contributed by atoms with van der Waals surface area (Å²) in [5, 5.41) is 7.18. The SMILES string of the molecule is Cc1cc(OCn2ccc(C(=O)Nc3ccc(F)c(F)c3)n2)ccc1Cl. The summed E-state index contributed by atoms with van der Waals surface area (Å²) in [4.78, 5) is 12.1. The van der Waals surface area contributed by atoms with E-state index in [9.17, 15) is 13.6 Å². The van der Waals surface area contributed by atoms with Gasteiger partial charge in [0.05, 0.1) is 0 Å². The summed E-state index contributed by atoms with van der Waals surface area (Å²) < 4.78 is 33.1. The van der Waals surface area contributed by atoms with Crippen LogP contribution in [0, 0.1) is 18.6 Å². The molecule has 0 bridgehead atoms. The smallest absolute Gasteiger partial charge is 0.276 e. The molecule has 0 radical (unpaired) electrons. The second-order valence-corrected chi connectivity index (χ2v) is 5.92. The molecular formula is C18H14ClF2N3O2. The van der Waals surface area contributed by atoms with Crippen LogP contribution in [0.1, 0.15) is 16.1 Å². The van der Waals surface area contributed by atoms with Crippen molar-refractivity contribution >= 4 is 23.2 Å². The first kappa shape index (κ1) is 17.9. The van der Waals surface area contributed by atoms with Crippen molar-refractivity contribution < 1.29 is 18.3 Å². The third kappa shape index (κ3) is 4.18. The number of halogens is 3. The summed E-state index contributed by atoms with van der Waals surface area (Å²) >= 11 is 5.96. The zero-order valence-electron chi connectivity index (χ0n) is 13.7. The van der Waals surface area contributed by atoms with E-state index < -0.39 is 17.5 Å². The van der Waals surface area contributed by atoms with Crippen LogP contribution in [-0.2, 0) is 6.73 Å². The number of benzene rings is 2. The van der Waals surface area contributed by atoms with Crippen LogP contribution in [0.5, 0.6) is 5.75 Å². The normalized spacial score (nSPS) is 10.6. The van der Waals surface area contributed by atoms with Gasteiger partial charge in [-0.05, 0) is 48.9 Å². The molecular weight excluding hydrogens is 364 g/mol. The molecule has 0 aliphatic heterocycles. The highest BCUT2D eigenvalue weighted by Gasteiger charge is 2.11. The van der Waals surface area contributed by atoms with Gasteiger partial charge in [0.1, 0.15) is 5.75 Å². The Morgan fingerprint density at radius 1 is 1.19 bits per heavy atom. The van der Waals surface area contributed by atoms with Gasteiger partial charge in [-0.1, -0.05) is 11.6 Å². The molecule has 8 heteroatoms. The van der Waals surface area contributed by atoms with Gasteiger partial charge in [-0.3, -0.25) is 4.79 Å². The first-order valence-corrected chi connectivity index (χ1v) is 7.99. The molecule has 26 heavy (non-hydrogen) atoms. The van der Waals surface area contributed by atoms with E-state index in [0.717, 1.165) is 17.7 Å². The standard InChI is InChI=1S/C18H14ClF2N3O2/c1-11-8-13(3-4-14(11)19)26-10-24-7-6-17(23-24)18(25)22-12-2-5-15(20)16(21)9-12/h2-9H,10H2,1H3,(H,22,25). The molecule has 5 nitrogen and oxygen atoms in total. The average molecular weight is 378 g/mol. The minimum atomic E-state index is -1.04. The molecule has 1 aromatic heterocycles. The summed E-state index contributed by atoms with van der Waals surface area (Å²) in [7, 11) is 0. The van der Waals surface area contributed by atoms with E-state index in [1.165, 1.54) is 16.8 Å².